The van der Waals surface area contributed by atoms with Gasteiger partial charge in [0, 0.05) is 29.6 Å². The Morgan fingerprint density at radius 3 is 2.91 bits per heavy atom. The third kappa shape index (κ3) is 4.03. The smallest absolute Gasteiger partial charge is 0.384 e. The zero-order valence-electron chi connectivity index (χ0n) is 13.0. The largest absolute Gasteiger partial charge is 0.433 e. The maximum absolute atomic E-state index is 11.7. The van der Waals surface area contributed by atoms with Crippen LogP contribution < -0.4 is 11.1 Å². The molecule has 23 heavy (non-hydrogen) atoms. The summed E-state index contributed by atoms with van der Waals surface area (Å²) in [5.41, 5.74) is 7.94. The minimum Gasteiger partial charge on any atom is -0.384 e. The van der Waals surface area contributed by atoms with Crippen molar-refractivity contribution in [2.24, 2.45) is 10.9 Å². The summed E-state index contributed by atoms with van der Waals surface area (Å²) in [5.74, 6) is 0.272. The highest BCUT2D eigenvalue weighted by Crippen LogP contribution is 2.18. The number of fused-ring (bicyclic) bond motifs is 1. The number of amides is 1. The van der Waals surface area contributed by atoms with Gasteiger partial charge in [0.1, 0.15) is 5.84 Å². The predicted molar refractivity (Wildman–Crippen MR) is 90.1 cm³/mol. The van der Waals surface area contributed by atoms with Crippen LogP contribution in [-0.2, 0) is 11.3 Å². The Bertz CT molecular complexity index is 701. The summed E-state index contributed by atoms with van der Waals surface area (Å²) < 4.78 is 0. The fourth-order valence-corrected chi connectivity index (χ4v) is 3.05. The number of para-hydroxylation sites is 1. The van der Waals surface area contributed by atoms with E-state index in [9.17, 15) is 4.79 Å². The summed E-state index contributed by atoms with van der Waals surface area (Å²) in [7, 11) is 0. The molecule has 1 aliphatic carbocycles. The fraction of sp³-hybridized carbons (Fsp3) is 0.412. The maximum Gasteiger partial charge on any atom is 0.433 e. The van der Waals surface area contributed by atoms with E-state index in [0.29, 0.717) is 6.42 Å². The van der Waals surface area contributed by atoms with Crippen LogP contribution in [0.3, 0.4) is 0 Å². The van der Waals surface area contributed by atoms with Crippen molar-refractivity contribution >= 4 is 22.8 Å². The van der Waals surface area contributed by atoms with Gasteiger partial charge in [0.2, 0.25) is 0 Å². The summed E-state index contributed by atoms with van der Waals surface area (Å²) in [6.07, 6.45) is 7.35. The van der Waals surface area contributed by atoms with Crippen molar-refractivity contribution in [1.29, 1.82) is 0 Å². The normalized spacial score (nSPS) is 16.4. The number of oxime groups is 1. The number of nitrogens with two attached hydrogens (primary N) is 1. The number of rotatable bonds is 4. The second kappa shape index (κ2) is 7.17. The molecule has 0 atom stereocenters. The lowest BCUT2D eigenvalue weighted by atomic mass is 9.96. The Hall–Kier alpha value is -2.50. The van der Waals surface area contributed by atoms with Crippen LogP contribution in [0.4, 0.5) is 4.79 Å². The number of aromatic nitrogens is 1. The number of benzene rings is 1. The first-order valence-electron chi connectivity index (χ1n) is 8.07. The van der Waals surface area contributed by atoms with E-state index >= 15 is 0 Å². The number of H-pyrrole nitrogens is 1. The summed E-state index contributed by atoms with van der Waals surface area (Å²) in [5, 5.41) is 7.67. The molecular weight excluding hydrogens is 292 g/mol. The predicted octanol–water partition coefficient (Wildman–Crippen LogP) is 3.04. The van der Waals surface area contributed by atoms with Crippen LogP contribution in [0.1, 0.15) is 37.7 Å². The highest BCUT2D eigenvalue weighted by atomic mass is 16.7. The van der Waals surface area contributed by atoms with Gasteiger partial charge in [-0.05, 0) is 24.5 Å². The second-order valence-corrected chi connectivity index (χ2v) is 5.98. The van der Waals surface area contributed by atoms with Crippen LogP contribution in [0.25, 0.3) is 10.9 Å². The summed E-state index contributed by atoms with van der Waals surface area (Å²) >= 11 is 0. The van der Waals surface area contributed by atoms with Crippen LogP contribution in [-0.4, -0.2) is 23.0 Å². The molecule has 122 valence electrons. The average Bonchev–Trinajstić information content (AvgIpc) is 2.97. The lowest BCUT2D eigenvalue weighted by molar-refractivity contribution is 0.143. The fourth-order valence-electron chi connectivity index (χ4n) is 3.05. The molecule has 1 aliphatic rings. The molecule has 0 spiro atoms. The number of carbonyl (C=O) groups is 1. The Morgan fingerprint density at radius 1 is 1.30 bits per heavy atom. The van der Waals surface area contributed by atoms with Crippen molar-refractivity contribution < 1.29 is 9.63 Å². The van der Waals surface area contributed by atoms with Gasteiger partial charge in [-0.15, -0.1) is 0 Å². The minimum absolute atomic E-state index is 0.196. The van der Waals surface area contributed by atoms with Crippen molar-refractivity contribution in [3.8, 4) is 0 Å². The standard InChI is InChI=1S/C17H22N4O2/c18-16(10-12-11-19-15-9-5-4-8-14(12)15)21-23-17(22)20-13-6-2-1-3-7-13/h4-5,8-9,11,13,19H,1-3,6-7,10H2,(H2,18,21)(H,20,22). The Morgan fingerprint density at radius 2 is 2.09 bits per heavy atom. The maximum atomic E-state index is 11.7. The van der Waals surface area contributed by atoms with Crippen molar-refractivity contribution in [2.45, 2.75) is 44.6 Å². The Kier molecular flexibility index (Phi) is 4.80. The highest BCUT2D eigenvalue weighted by Gasteiger charge is 2.16. The van der Waals surface area contributed by atoms with E-state index in [0.717, 1.165) is 42.1 Å². The van der Waals surface area contributed by atoms with Crippen molar-refractivity contribution in [3.63, 3.8) is 0 Å². The third-order valence-corrected chi connectivity index (χ3v) is 4.22. The van der Waals surface area contributed by atoms with Crippen molar-refractivity contribution in [3.05, 3.63) is 36.0 Å². The van der Waals surface area contributed by atoms with Crippen LogP contribution >= 0.6 is 0 Å². The molecule has 4 N–H and O–H groups in total. The van der Waals surface area contributed by atoms with E-state index < -0.39 is 6.09 Å². The molecule has 0 bridgehead atoms. The van der Waals surface area contributed by atoms with Gasteiger partial charge in [0.05, 0.1) is 0 Å². The molecule has 1 aromatic carbocycles. The van der Waals surface area contributed by atoms with Gasteiger partial charge in [-0.25, -0.2) is 4.79 Å². The molecule has 2 aromatic rings. The molecule has 6 heteroatoms. The highest BCUT2D eigenvalue weighted by molar-refractivity contribution is 5.90. The molecule has 3 rings (SSSR count). The molecular formula is C17H22N4O2. The first-order chi connectivity index (χ1) is 11.2. The first kappa shape index (κ1) is 15.4. The van der Waals surface area contributed by atoms with Gasteiger partial charge in [-0.1, -0.05) is 42.6 Å². The number of hydrogen-bond acceptors (Lipinski definition) is 3. The number of nitrogens with one attached hydrogen (secondary N) is 2. The van der Waals surface area contributed by atoms with Gasteiger partial charge in [-0.2, -0.15) is 0 Å². The zero-order valence-corrected chi connectivity index (χ0v) is 13.0. The molecule has 1 saturated carbocycles. The van der Waals surface area contributed by atoms with Crippen LogP contribution in [0, 0.1) is 0 Å². The van der Waals surface area contributed by atoms with Gasteiger partial charge in [0.15, 0.2) is 0 Å². The lowest BCUT2D eigenvalue weighted by Crippen LogP contribution is -2.36. The SMILES string of the molecule is N/C(Cc1c[nH]c2ccccc12)=N\OC(=O)NC1CCCCC1. The van der Waals surface area contributed by atoms with Crippen LogP contribution in [0.5, 0.6) is 0 Å². The van der Waals surface area contributed by atoms with E-state index in [1.165, 1.54) is 6.42 Å². The average molecular weight is 314 g/mol. The number of carbonyl (C=O) groups excluding carboxylic acids is 1. The van der Waals surface area contributed by atoms with Crippen molar-refractivity contribution in [1.82, 2.24) is 10.3 Å². The number of amidine groups is 1. The second-order valence-electron chi connectivity index (χ2n) is 5.98. The molecule has 1 fully saturated rings. The van der Waals surface area contributed by atoms with E-state index in [4.69, 9.17) is 10.6 Å². The van der Waals surface area contributed by atoms with Gasteiger partial charge in [0.25, 0.3) is 0 Å². The molecule has 1 amide bonds. The molecule has 0 saturated heterocycles. The number of aromatic amines is 1. The Labute approximate surface area is 135 Å². The minimum atomic E-state index is -0.529. The van der Waals surface area contributed by atoms with Gasteiger partial charge >= 0.3 is 6.09 Å². The van der Waals surface area contributed by atoms with Crippen LogP contribution in [0.15, 0.2) is 35.6 Å². The van der Waals surface area contributed by atoms with E-state index in [1.807, 2.05) is 30.5 Å². The van der Waals surface area contributed by atoms with Crippen LogP contribution in [0.2, 0.25) is 0 Å². The van der Waals surface area contributed by atoms with Gasteiger partial charge < -0.3 is 16.0 Å². The molecule has 0 radical (unpaired) electrons. The third-order valence-electron chi connectivity index (χ3n) is 4.22. The Balaban J connectivity index is 1.54. The zero-order chi connectivity index (χ0) is 16.1. The molecule has 1 heterocycles. The summed E-state index contributed by atoms with van der Waals surface area (Å²) in [6, 6.07) is 8.16. The lowest BCUT2D eigenvalue weighted by Gasteiger charge is -2.21. The van der Waals surface area contributed by atoms with E-state index in [2.05, 4.69) is 15.5 Å². The molecule has 0 aliphatic heterocycles. The van der Waals surface area contributed by atoms with E-state index in [-0.39, 0.29) is 11.9 Å². The molecule has 6 nitrogen and oxygen atoms in total. The van der Waals surface area contributed by atoms with Gasteiger partial charge in [-0.3, -0.25) is 4.84 Å². The van der Waals surface area contributed by atoms with Crippen molar-refractivity contribution in [2.75, 3.05) is 0 Å². The summed E-state index contributed by atoms with van der Waals surface area (Å²) in [4.78, 5) is 19.8. The number of hydrogen-bond donors (Lipinski definition) is 3. The molecule has 0 unspecified atom stereocenters. The monoisotopic (exact) mass is 314 g/mol. The topological polar surface area (TPSA) is 92.5 Å². The summed E-state index contributed by atoms with van der Waals surface area (Å²) in [6.45, 7) is 0. The molecule has 1 aromatic heterocycles. The quantitative estimate of drug-likeness (QED) is 0.350. The van der Waals surface area contributed by atoms with E-state index in [1.54, 1.807) is 0 Å². The first-order valence-corrected chi connectivity index (χ1v) is 8.07. The number of nitrogens with zero attached hydrogens (tertiary/aromatic N) is 1.